The number of hydrogen-bond acceptors (Lipinski definition) is 2. The number of rotatable bonds is 4. The van der Waals surface area contributed by atoms with Crippen molar-refractivity contribution < 1.29 is 13.2 Å². The lowest BCUT2D eigenvalue weighted by Gasteiger charge is -2.28. The van der Waals surface area contributed by atoms with Crippen LogP contribution >= 0.6 is 0 Å². The van der Waals surface area contributed by atoms with Crippen molar-refractivity contribution in [3.05, 3.63) is 35.4 Å². The molecule has 0 aromatic heterocycles. The van der Waals surface area contributed by atoms with Crippen molar-refractivity contribution in [2.75, 3.05) is 26.7 Å². The summed E-state index contributed by atoms with van der Waals surface area (Å²) in [6.45, 7) is 4.92. The van der Waals surface area contributed by atoms with Crippen LogP contribution in [0.5, 0.6) is 0 Å². The fourth-order valence-electron chi connectivity index (χ4n) is 3.11. The molecule has 1 aliphatic rings. The maximum Gasteiger partial charge on any atom is 0.416 e. The van der Waals surface area contributed by atoms with E-state index < -0.39 is 11.7 Å². The Morgan fingerprint density at radius 3 is 2.40 bits per heavy atom. The van der Waals surface area contributed by atoms with Gasteiger partial charge in [0, 0.05) is 6.04 Å². The molecule has 0 radical (unpaired) electrons. The van der Waals surface area contributed by atoms with Gasteiger partial charge in [-0.1, -0.05) is 19.1 Å². The van der Waals surface area contributed by atoms with Crippen molar-refractivity contribution in [2.24, 2.45) is 5.92 Å². The minimum Gasteiger partial charge on any atom is -0.319 e. The maximum absolute atomic E-state index is 12.6. The van der Waals surface area contributed by atoms with Crippen LogP contribution in [-0.2, 0) is 6.18 Å². The molecule has 1 aliphatic heterocycles. The van der Waals surface area contributed by atoms with Gasteiger partial charge < -0.3 is 5.32 Å². The number of hydrogen-bond donors (Lipinski definition) is 1. The summed E-state index contributed by atoms with van der Waals surface area (Å²) in [6.07, 6.45) is -3.18. The highest BCUT2D eigenvalue weighted by molar-refractivity contribution is 5.28. The first-order valence-electron chi connectivity index (χ1n) is 7.03. The number of alkyl halides is 3. The van der Waals surface area contributed by atoms with Gasteiger partial charge in [-0.15, -0.1) is 0 Å². The molecule has 2 nitrogen and oxygen atoms in total. The quantitative estimate of drug-likeness (QED) is 0.913. The Morgan fingerprint density at radius 1 is 1.25 bits per heavy atom. The molecular formula is C15H21F3N2. The van der Waals surface area contributed by atoms with Crippen molar-refractivity contribution in [2.45, 2.75) is 25.6 Å². The normalized spacial score (nSPS) is 24.2. The number of nitrogens with one attached hydrogen (secondary N) is 1. The number of halogens is 3. The third-order valence-corrected chi connectivity index (χ3v) is 4.08. The molecule has 2 atom stereocenters. The zero-order valence-corrected chi connectivity index (χ0v) is 11.9. The van der Waals surface area contributed by atoms with Gasteiger partial charge in [-0.25, -0.2) is 0 Å². The lowest BCUT2D eigenvalue weighted by molar-refractivity contribution is -0.137. The Kier molecular flexibility index (Phi) is 4.70. The van der Waals surface area contributed by atoms with Crippen LogP contribution in [0.25, 0.3) is 0 Å². The number of nitrogens with zero attached hydrogens (tertiary/aromatic N) is 1. The molecule has 0 aliphatic carbocycles. The molecule has 0 amide bonds. The Morgan fingerprint density at radius 2 is 1.90 bits per heavy atom. The zero-order chi connectivity index (χ0) is 14.8. The molecule has 0 saturated carbocycles. The first-order chi connectivity index (χ1) is 9.47. The highest BCUT2D eigenvalue weighted by Gasteiger charge is 2.35. The van der Waals surface area contributed by atoms with E-state index in [1.165, 1.54) is 12.1 Å². The van der Waals surface area contributed by atoms with Gasteiger partial charge in [0.1, 0.15) is 0 Å². The van der Waals surface area contributed by atoms with E-state index in [9.17, 15) is 13.2 Å². The molecule has 1 heterocycles. The smallest absolute Gasteiger partial charge is 0.319 e. The van der Waals surface area contributed by atoms with Gasteiger partial charge in [0.25, 0.3) is 0 Å². The van der Waals surface area contributed by atoms with Gasteiger partial charge in [0.2, 0.25) is 0 Å². The predicted molar refractivity (Wildman–Crippen MR) is 73.5 cm³/mol. The summed E-state index contributed by atoms with van der Waals surface area (Å²) in [5.41, 5.74) is 0.407. The highest BCUT2D eigenvalue weighted by Crippen LogP contribution is 2.38. The largest absolute Gasteiger partial charge is 0.416 e. The molecule has 1 fully saturated rings. The molecule has 1 saturated heterocycles. The van der Waals surface area contributed by atoms with Crippen molar-refractivity contribution >= 4 is 0 Å². The van der Waals surface area contributed by atoms with Crippen molar-refractivity contribution in [3.8, 4) is 0 Å². The summed E-state index contributed by atoms with van der Waals surface area (Å²) in [7, 11) is 1.92. The molecule has 0 bridgehead atoms. The lowest BCUT2D eigenvalue weighted by atomic mass is 9.93. The van der Waals surface area contributed by atoms with Gasteiger partial charge in [-0.05, 0) is 56.7 Å². The molecule has 5 heteroatoms. The second-order valence-electron chi connectivity index (χ2n) is 5.30. The van der Waals surface area contributed by atoms with Crippen molar-refractivity contribution in [1.82, 2.24) is 10.2 Å². The zero-order valence-electron chi connectivity index (χ0n) is 11.9. The van der Waals surface area contributed by atoms with E-state index in [-0.39, 0.29) is 6.04 Å². The molecule has 2 unspecified atom stereocenters. The second kappa shape index (κ2) is 6.14. The summed E-state index contributed by atoms with van der Waals surface area (Å²) in [5.74, 6) is 0.455. The van der Waals surface area contributed by atoms with Crippen molar-refractivity contribution in [3.63, 3.8) is 0 Å². The topological polar surface area (TPSA) is 15.3 Å². The van der Waals surface area contributed by atoms with Gasteiger partial charge in [0.05, 0.1) is 5.56 Å². The van der Waals surface area contributed by atoms with Crippen LogP contribution in [0.3, 0.4) is 0 Å². The van der Waals surface area contributed by atoms with Gasteiger partial charge >= 0.3 is 6.18 Å². The number of benzene rings is 1. The summed E-state index contributed by atoms with van der Waals surface area (Å²) >= 11 is 0. The third-order valence-electron chi connectivity index (χ3n) is 4.08. The number of likely N-dealkylation sites (tertiary alicyclic amines) is 1. The van der Waals surface area contributed by atoms with Gasteiger partial charge in [-0.2, -0.15) is 13.2 Å². The Hall–Kier alpha value is -1.07. The standard InChI is InChI=1S/C15H21F3N2/c1-3-20-9-8-12(10-19-2)14(20)11-4-6-13(7-5-11)15(16,17)18/h4-7,12,14,19H,3,8-10H2,1-2H3. The van der Waals surface area contributed by atoms with Crippen LogP contribution in [-0.4, -0.2) is 31.6 Å². The summed E-state index contributed by atoms with van der Waals surface area (Å²) in [5, 5.41) is 3.18. The van der Waals surface area contributed by atoms with E-state index in [0.29, 0.717) is 5.92 Å². The Labute approximate surface area is 118 Å². The van der Waals surface area contributed by atoms with Crippen LogP contribution in [0, 0.1) is 5.92 Å². The molecule has 1 N–H and O–H groups in total. The molecule has 20 heavy (non-hydrogen) atoms. The van der Waals surface area contributed by atoms with E-state index in [1.54, 1.807) is 12.1 Å². The van der Waals surface area contributed by atoms with Gasteiger partial charge in [-0.3, -0.25) is 4.90 Å². The highest BCUT2D eigenvalue weighted by atomic mass is 19.4. The SMILES string of the molecule is CCN1CCC(CNC)C1c1ccc(C(F)(F)F)cc1. The fraction of sp³-hybridized carbons (Fsp3) is 0.600. The average molecular weight is 286 g/mol. The summed E-state index contributed by atoms with van der Waals surface area (Å²) in [6, 6.07) is 5.86. The monoisotopic (exact) mass is 286 g/mol. The summed E-state index contributed by atoms with van der Waals surface area (Å²) in [4.78, 5) is 2.34. The van der Waals surface area contributed by atoms with Crippen LogP contribution in [0.15, 0.2) is 24.3 Å². The molecule has 2 rings (SSSR count). The average Bonchev–Trinajstić information content (AvgIpc) is 2.81. The first-order valence-corrected chi connectivity index (χ1v) is 7.03. The fourth-order valence-corrected chi connectivity index (χ4v) is 3.11. The van der Waals surface area contributed by atoms with Crippen molar-refractivity contribution in [1.29, 1.82) is 0 Å². The minimum atomic E-state index is -4.26. The minimum absolute atomic E-state index is 0.217. The molecule has 1 aromatic rings. The van der Waals surface area contributed by atoms with Gasteiger partial charge in [0.15, 0.2) is 0 Å². The van der Waals surface area contributed by atoms with Crippen LogP contribution in [0.4, 0.5) is 13.2 Å². The Bertz CT molecular complexity index is 428. The van der Waals surface area contributed by atoms with Crippen LogP contribution in [0.2, 0.25) is 0 Å². The molecule has 1 aromatic carbocycles. The molecule has 112 valence electrons. The molecule has 0 spiro atoms. The molecular weight excluding hydrogens is 265 g/mol. The predicted octanol–water partition coefficient (Wildman–Crippen LogP) is 3.31. The van der Waals surface area contributed by atoms with Crippen LogP contribution in [0.1, 0.15) is 30.5 Å². The maximum atomic E-state index is 12.6. The van der Waals surface area contributed by atoms with E-state index in [1.807, 2.05) is 7.05 Å². The third kappa shape index (κ3) is 3.15. The first kappa shape index (κ1) is 15.3. The summed E-state index contributed by atoms with van der Waals surface area (Å²) < 4.78 is 37.9. The van der Waals surface area contributed by atoms with E-state index in [2.05, 4.69) is 17.1 Å². The Balaban J connectivity index is 2.23. The van der Waals surface area contributed by atoms with E-state index in [4.69, 9.17) is 0 Å². The second-order valence-corrected chi connectivity index (χ2v) is 5.30. The van der Waals surface area contributed by atoms with E-state index >= 15 is 0 Å². The van der Waals surface area contributed by atoms with Crippen LogP contribution < -0.4 is 5.32 Å². The lowest BCUT2D eigenvalue weighted by Crippen LogP contribution is -2.29. The van der Waals surface area contributed by atoms with E-state index in [0.717, 1.165) is 31.6 Å².